The van der Waals surface area contributed by atoms with Gasteiger partial charge in [0.15, 0.2) is 0 Å². The maximum absolute atomic E-state index is 11.6. The monoisotopic (exact) mass is 195 g/mol. The fraction of sp³-hybridized carbons (Fsp3) is 0.917. The quantitative estimate of drug-likeness (QED) is 0.693. The van der Waals surface area contributed by atoms with Crippen molar-refractivity contribution in [1.29, 1.82) is 0 Å². The minimum Gasteiger partial charge on any atom is -0.307 e. The topological polar surface area (TPSA) is 29.1 Å². The number of ketones is 1. The summed E-state index contributed by atoms with van der Waals surface area (Å²) in [6.45, 7) is 9.69. The van der Waals surface area contributed by atoms with Crippen molar-refractivity contribution >= 4 is 5.78 Å². The molecule has 1 aliphatic heterocycles. The number of rotatable bonds is 1. The molecule has 3 atom stereocenters. The van der Waals surface area contributed by atoms with E-state index in [2.05, 4.69) is 26.1 Å². The lowest BCUT2D eigenvalue weighted by atomic mass is 9.59. The first-order valence-electron chi connectivity index (χ1n) is 5.63. The van der Waals surface area contributed by atoms with Crippen molar-refractivity contribution in [3.05, 3.63) is 0 Å². The number of piperidine rings is 1. The maximum Gasteiger partial charge on any atom is 0.147 e. The van der Waals surface area contributed by atoms with Gasteiger partial charge in [-0.1, -0.05) is 20.8 Å². The van der Waals surface area contributed by atoms with Crippen LogP contribution in [-0.2, 0) is 4.79 Å². The largest absolute Gasteiger partial charge is 0.307 e. The van der Waals surface area contributed by atoms with Crippen molar-refractivity contribution < 1.29 is 4.79 Å². The summed E-state index contributed by atoms with van der Waals surface area (Å²) < 4.78 is 0. The van der Waals surface area contributed by atoms with Crippen LogP contribution in [0.3, 0.4) is 0 Å². The molecule has 1 heterocycles. The summed E-state index contributed by atoms with van der Waals surface area (Å²) in [7, 11) is 0. The van der Waals surface area contributed by atoms with Crippen molar-refractivity contribution in [3.63, 3.8) is 0 Å². The highest BCUT2D eigenvalue weighted by molar-refractivity contribution is 5.82. The van der Waals surface area contributed by atoms with Gasteiger partial charge < -0.3 is 5.32 Å². The van der Waals surface area contributed by atoms with Crippen LogP contribution in [0, 0.1) is 16.7 Å². The Balaban J connectivity index is 2.38. The summed E-state index contributed by atoms with van der Waals surface area (Å²) >= 11 is 0. The lowest BCUT2D eigenvalue weighted by Gasteiger charge is -2.50. The molecule has 0 spiro atoms. The van der Waals surface area contributed by atoms with E-state index in [9.17, 15) is 4.79 Å². The molecule has 2 aliphatic rings. The summed E-state index contributed by atoms with van der Waals surface area (Å²) in [5.74, 6) is 1.06. The normalized spacial score (nSPS) is 45.1. The Morgan fingerprint density at radius 3 is 2.57 bits per heavy atom. The highest BCUT2D eigenvalue weighted by atomic mass is 16.1. The van der Waals surface area contributed by atoms with Crippen LogP contribution in [-0.4, -0.2) is 18.4 Å². The molecule has 80 valence electrons. The Morgan fingerprint density at radius 2 is 2.00 bits per heavy atom. The number of carbonyl (C=O) groups excluding carboxylic acids is 1. The molecule has 0 aromatic rings. The molecular formula is C12H21NO. The summed E-state index contributed by atoms with van der Waals surface area (Å²) in [5.41, 5.74) is 0.482. The highest BCUT2D eigenvalue weighted by Crippen LogP contribution is 2.59. The molecule has 1 aliphatic carbocycles. The molecule has 2 nitrogen and oxygen atoms in total. The van der Waals surface area contributed by atoms with E-state index in [1.807, 2.05) is 0 Å². The maximum atomic E-state index is 11.6. The van der Waals surface area contributed by atoms with Gasteiger partial charge in [0.25, 0.3) is 0 Å². The van der Waals surface area contributed by atoms with Gasteiger partial charge in [0.1, 0.15) is 5.78 Å². The van der Waals surface area contributed by atoms with E-state index in [0.29, 0.717) is 11.2 Å². The van der Waals surface area contributed by atoms with E-state index >= 15 is 0 Å². The Labute approximate surface area is 86.5 Å². The second-order valence-corrected chi connectivity index (χ2v) is 5.83. The van der Waals surface area contributed by atoms with Gasteiger partial charge in [0, 0.05) is 0 Å². The molecule has 2 unspecified atom stereocenters. The molecule has 14 heavy (non-hydrogen) atoms. The van der Waals surface area contributed by atoms with E-state index in [-0.39, 0.29) is 11.5 Å². The van der Waals surface area contributed by atoms with Crippen LogP contribution in [0.15, 0.2) is 0 Å². The number of carbonyl (C=O) groups is 1. The van der Waals surface area contributed by atoms with E-state index in [4.69, 9.17) is 0 Å². The Bertz CT molecular complexity index is 271. The Morgan fingerprint density at radius 1 is 1.36 bits per heavy atom. The van der Waals surface area contributed by atoms with E-state index in [1.54, 1.807) is 6.92 Å². The summed E-state index contributed by atoms with van der Waals surface area (Å²) in [4.78, 5) is 11.6. The molecule has 1 saturated carbocycles. The zero-order chi connectivity index (χ0) is 10.6. The van der Waals surface area contributed by atoms with Crippen LogP contribution < -0.4 is 5.32 Å². The summed E-state index contributed by atoms with van der Waals surface area (Å²) in [6.07, 6.45) is 2.47. The van der Waals surface area contributed by atoms with Crippen LogP contribution in [0.25, 0.3) is 0 Å². The highest BCUT2D eigenvalue weighted by Gasteiger charge is 2.58. The summed E-state index contributed by atoms with van der Waals surface area (Å²) in [6, 6.07) is 0.0799. The van der Waals surface area contributed by atoms with Gasteiger partial charge >= 0.3 is 0 Å². The fourth-order valence-electron chi connectivity index (χ4n) is 3.57. The Hall–Kier alpha value is -0.370. The van der Waals surface area contributed by atoms with E-state index in [0.717, 1.165) is 12.5 Å². The smallest absolute Gasteiger partial charge is 0.147 e. The average Bonchev–Trinajstić information content (AvgIpc) is 2.26. The molecule has 0 aromatic carbocycles. The van der Waals surface area contributed by atoms with Gasteiger partial charge in [-0.15, -0.1) is 0 Å². The SMILES string of the molecule is CC(=O)C1NCC2CC[C@@]1(C)C2(C)C. The number of hydrogen-bond donors (Lipinski definition) is 1. The van der Waals surface area contributed by atoms with Crippen molar-refractivity contribution in [2.24, 2.45) is 16.7 Å². The number of hydrogen-bond acceptors (Lipinski definition) is 2. The predicted octanol–water partition coefficient (Wildman–Crippen LogP) is 1.99. The third-order valence-corrected chi connectivity index (χ3v) is 5.12. The first-order valence-corrected chi connectivity index (χ1v) is 5.63. The molecule has 2 rings (SSSR count). The number of Topliss-reactive ketones (excluding diaryl/α,β-unsaturated/α-hetero) is 1. The average molecular weight is 195 g/mol. The molecule has 0 radical (unpaired) electrons. The van der Waals surface area contributed by atoms with Crippen molar-refractivity contribution in [3.8, 4) is 0 Å². The minimum absolute atomic E-state index is 0.0799. The van der Waals surface area contributed by atoms with Crippen molar-refractivity contribution in [2.75, 3.05) is 6.54 Å². The first kappa shape index (κ1) is 10.2. The lowest BCUT2D eigenvalue weighted by Crippen LogP contribution is -2.59. The summed E-state index contributed by atoms with van der Waals surface area (Å²) in [5, 5.41) is 3.43. The minimum atomic E-state index is 0.0799. The lowest BCUT2D eigenvalue weighted by molar-refractivity contribution is -0.126. The Kier molecular flexibility index (Phi) is 2.04. The zero-order valence-corrected chi connectivity index (χ0v) is 9.68. The molecule has 0 aromatic heterocycles. The number of fused-ring (bicyclic) bond motifs is 2. The molecule has 1 N–H and O–H groups in total. The third kappa shape index (κ3) is 1.04. The zero-order valence-electron chi connectivity index (χ0n) is 9.68. The molecule has 0 amide bonds. The first-order chi connectivity index (χ1) is 6.39. The third-order valence-electron chi connectivity index (χ3n) is 5.12. The molecule has 2 heteroatoms. The van der Waals surface area contributed by atoms with E-state index in [1.165, 1.54) is 12.8 Å². The van der Waals surface area contributed by atoms with Crippen LogP contribution in [0.5, 0.6) is 0 Å². The molecule has 1 saturated heterocycles. The molecule has 2 bridgehead atoms. The molecule has 2 fully saturated rings. The van der Waals surface area contributed by atoms with Crippen molar-refractivity contribution in [1.82, 2.24) is 5.32 Å². The van der Waals surface area contributed by atoms with Crippen molar-refractivity contribution in [2.45, 2.75) is 46.6 Å². The van der Waals surface area contributed by atoms with Crippen LogP contribution >= 0.6 is 0 Å². The van der Waals surface area contributed by atoms with Gasteiger partial charge in [-0.25, -0.2) is 0 Å². The second kappa shape index (κ2) is 2.82. The standard InChI is InChI=1S/C12H21NO/c1-8(14)10-12(4)6-5-9(7-13-10)11(12,2)3/h9-10,13H,5-7H2,1-4H3/t9?,10?,12-/m1/s1. The van der Waals surface area contributed by atoms with Gasteiger partial charge in [-0.05, 0) is 43.1 Å². The van der Waals surface area contributed by atoms with Crippen LogP contribution in [0.4, 0.5) is 0 Å². The van der Waals surface area contributed by atoms with Crippen LogP contribution in [0.1, 0.15) is 40.5 Å². The van der Waals surface area contributed by atoms with E-state index < -0.39 is 0 Å². The van der Waals surface area contributed by atoms with Gasteiger partial charge in [-0.2, -0.15) is 0 Å². The fourth-order valence-corrected chi connectivity index (χ4v) is 3.57. The second-order valence-electron chi connectivity index (χ2n) is 5.83. The van der Waals surface area contributed by atoms with Gasteiger partial charge in [0.2, 0.25) is 0 Å². The van der Waals surface area contributed by atoms with Crippen LogP contribution in [0.2, 0.25) is 0 Å². The molecular weight excluding hydrogens is 174 g/mol. The van der Waals surface area contributed by atoms with Gasteiger partial charge in [-0.3, -0.25) is 4.79 Å². The predicted molar refractivity (Wildman–Crippen MR) is 57.1 cm³/mol. The number of nitrogens with one attached hydrogen (secondary N) is 1. The van der Waals surface area contributed by atoms with Gasteiger partial charge in [0.05, 0.1) is 6.04 Å².